The molecular weight excluding hydrogens is 532 g/mol. The Kier molecular flexibility index (Phi) is 12.2. The molecule has 8 heteroatoms. The fourth-order valence-electron chi connectivity index (χ4n) is 4.62. The summed E-state index contributed by atoms with van der Waals surface area (Å²) < 4.78 is 16.5. The number of hydrogen-bond acceptors (Lipinski definition) is 7. The Morgan fingerprint density at radius 1 is 1.19 bits per heavy atom. The Bertz CT molecular complexity index is 1340. The number of phenolic OH excluding ortho intramolecular Hbond substituents is 1. The number of rotatable bonds is 14. The Morgan fingerprint density at radius 2 is 1.93 bits per heavy atom. The van der Waals surface area contributed by atoms with Crippen molar-refractivity contribution in [1.29, 1.82) is 0 Å². The minimum absolute atomic E-state index is 0.0112. The van der Waals surface area contributed by atoms with Crippen molar-refractivity contribution in [3.63, 3.8) is 0 Å². The molecule has 42 heavy (non-hydrogen) atoms. The van der Waals surface area contributed by atoms with Crippen LogP contribution < -0.4 is 0 Å². The molecule has 1 N–H and O–H groups in total. The molecule has 3 atom stereocenters. The zero-order valence-electron chi connectivity index (χ0n) is 25.6. The summed E-state index contributed by atoms with van der Waals surface area (Å²) >= 11 is 0. The molecule has 226 valence electrons. The molecule has 1 unspecified atom stereocenters. The number of esters is 1. The lowest BCUT2D eigenvalue weighted by molar-refractivity contribution is -0.124. The van der Waals surface area contributed by atoms with E-state index in [1.54, 1.807) is 39.2 Å². The molecule has 1 aromatic carbocycles. The minimum atomic E-state index is -0.469. The van der Waals surface area contributed by atoms with Crippen LogP contribution in [0, 0.1) is 12.8 Å². The molecule has 0 saturated heterocycles. The topological polar surface area (TPSA) is 102 Å². The van der Waals surface area contributed by atoms with Crippen molar-refractivity contribution in [1.82, 2.24) is 9.88 Å². The number of hydrogen-bond donors (Lipinski definition) is 1. The molecular formula is C34H44N2O6. The third-order valence-corrected chi connectivity index (χ3v) is 7.45. The Hall–Kier alpha value is -4.07. The van der Waals surface area contributed by atoms with Crippen LogP contribution in [0.5, 0.6) is 5.75 Å². The van der Waals surface area contributed by atoms with Gasteiger partial charge in [-0.15, -0.1) is 0 Å². The van der Waals surface area contributed by atoms with E-state index in [-0.39, 0.29) is 35.2 Å². The predicted octanol–water partition coefficient (Wildman–Crippen LogP) is 6.60. The lowest BCUT2D eigenvalue weighted by Gasteiger charge is -2.29. The number of carbonyl (C=O) groups is 2. The smallest absolute Gasteiger partial charge is 0.342 e. The summed E-state index contributed by atoms with van der Waals surface area (Å²) in [7, 11) is 3.31. The van der Waals surface area contributed by atoms with Crippen molar-refractivity contribution in [3.8, 4) is 5.75 Å². The molecule has 0 saturated carbocycles. The number of aromatic nitrogens is 1. The second-order valence-electron chi connectivity index (χ2n) is 11.0. The number of allylic oxidation sites excluding steroid dienone is 6. The third-order valence-electron chi connectivity index (χ3n) is 7.45. The lowest BCUT2D eigenvalue weighted by Crippen LogP contribution is -2.34. The van der Waals surface area contributed by atoms with Gasteiger partial charge in [-0.3, -0.25) is 4.79 Å². The summed E-state index contributed by atoms with van der Waals surface area (Å²) in [5.41, 5.74) is 2.61. The monoisotopic (exact) mass is 576 g/mol. The van der Waals surface area contributed by atoms with E-state index in [1.807, 2.05) is 37.3 Å². The third kappa shape index (κ3) is 9.23. The highest BCUT2D eigenvalue weighted by atomic mass is 16.5. The molecule has 1 amide bonds. The number of methoxy groups -OCH3 is 1. The summed E-state index contributed by atoms with van der Waals surface area (Å²) in [5.74, 6) is 0.928. The number of benzene rings is 1. The number of phenols is 1. The number of carbonyl (C=O) groups excluding carboxylic acids is 2. The van der Waals surface area contributed by atoms with Gasteiger partial charge in [0, 0.05) is 32.0 Å². The zero-order valence-corrected chi connectivity index (χ0v) is 25.6. The Balaban J connectivity index is 1.38. The van der Waals surface area contributed by atoms with Crippen LogP contribution in [-0.2, 0) is 27.1 Å². The summed E-state index contributed by atoms with van der Waals surface area (Å²) in [6, 6.07) is 3.73. The van der Waals surface area contributed by atoms with E-state index in [1.165, 1.54) is 6.08 Å². The van der Waals surface area contributed by atoms with Crippen molar-refractivity contribution in [3.05, 3.63) is 95.0 Å². The van der Waals surface area contributed by atoms with Crippen LogP contribution >= 0.6 is 0 Å². The van der Waals surface area contributed by atoms with Crippen LogP contribution in [-0.4, -0.2) is 53.7 Å². The first-order valence-electron chi connectivity index (χ1n) is 14.5. The van der Waals surface area contributed by atoms with Gasteiger partial charge in [0.2, 0.25) is 5.91 Å². The van der Waals surface area contributed by atoms with E-state index in [2.05, 4.69) is 25.2 Å². The summed E-state index contributed by atoms with van der Waals surface area (Å²) in [6.07, 6.45) is 19.1. The van der Waals surface area contributed by atoms with Gasteiger partial charge in [-0.25, -0.2) is 9.78 Å². The van der Waals surface area contributed by atoms with Gasteiger partial charge in [-0.05, 0) is 56.6 Å². The molecule has 8 nitrogen and oxygen atoms in total. The quantitative estimate of drug-likeness (QED) is 0.0675. The summed E-state index contributed by atoms with van der Waals surface area (Å²) in [5, 5.41) is 10.3. The van der Waals surface area contributed by atoms with E-state index in [0.717, 1.165) is 30.5 Å². The highest BCUT2D eigenvalue weighted by Gasteiger charge is 2.33. The summed E-state index contributed by atoms with van der Waals surface area (Å²) in [6.45, 7) is 8.21. The van der Waals surface area contributed by atoms with Crippen LogP contribution in [0.2, 0.25) is 0 Å². The molecule has 0 aliphatic carbocycles. The fraction of sp³-hybridized carbons (Fsp3) is 0.441. The summed E-state index contributed by atoms with van der Waals surface area (Å²) in [4.78, 5) is 30.9. The fourth-order valence-corrected chi connectivity index (χ4v) is 4.62. The standard InChI is InChI=1S/C34H44N2O6/c1-23-16-17-27-21-29(42-34(39)31(27)32(23)38)25(3)19-28-22-41-33(35-28)24(2)15-13-11-9-7-8-10-12-14-18-36(5)30(37)20-26(4)40-6/h7,9,11-14,16-17,20,22,24-25,29,38H,8,10,15,18-19,21H2,1-6H3/b9-7-,13-11-,14-12+,26-20+/t24?,25-,29+/m0/s1. The van der Waals surface area contributed by atoms with Crippen LogP contribution in [0.25, 0.3) is 0 Å². The number of oxazole rings is 1. The molecule has 1 aliphatic rings. The minimum Gasteiger partial charge on any atom is -0.507 e. The van der Waals surface area contributed by atoms with Crippen molar-refractivity contribution in [2.24, 2.45) is 5.92 Å². The van der Waals surface area contributed by atoms with Gasteiger partial charge in [0.1, 0.15) is 23.7 Å². The van der Waals surface area contributed by atoms with Gasteiger partial charge in [0.05, 0.1) is 18.6 Å². The van der Waals surface area contributed by atoms with Gasteiger partial charge in [-0.1, -0.05) is 62.4 Å². The molecule has 2 heterocycles. The molecule has 1 aromatic heterocycles. The van der Waals surface area contributed by atoms with Crippen LogP contribution in [0.3, 0.4) is 0 Å². The first-order valence-corrected chi connectivity index (χ1v) is 14.5. The first-order chi connectivity index (χ1) is 20.1. The average molecular weight is 577 g/mol. The number of nitrogens with zero attached hydrogens (tertiary/aromatic N) is 2. The normalized spacial score (nSPS) is 17.0. The second-order valence-corrected chi connectivity index (χ2v) is 11.0. The van der Waals surface area contributed by atoms with Gasteiger partial charge in [-0.2, -0.15) is 0 Å². The van der Waals surface area contributed by atoms with Gasteiger partial charge >= 0.3 is 5.97 Å². The first kappa shape index (κ1) is 32.4. The van der Waals surface area contributed by atoms with E-state index in [4.69, 9.17) is 18.9 Å². The zero-order chi connectivity index (χ0) is 30.6. The number of likely N-dealkylation sites (N-methyl/N-ethyl adjacent to an activating group) is 1. The number of cyclic esters (lactones) is 1. The van der Waals surface area contributed by atoms with Crippen LogP contribution in [0.15, 0.2) is 71.1 Å². The number of unbranched alkanes of at least 4 members (excludes halogenated alkanes) is 1. The largest absolute Gasteiger partial charge is 0.507 e. The Morgan fingerprint density at radius 3 is 2.69 bits per heavy atom. The number of ether oxygens (including phenoxy) is 2. The molecule has 3 rings (SSSR count). The molecule has 0 spiro atoms. The van der Waals surface area contributed by atoms with Gasteiger partial charge in [0.25, 0.3) is 0 Å². The van der Waals surface area contributed by atoms with Crippen molar-refractivity contribution in [2.75, 3.05) is 20.7 Å². The van der Waals surface area contributed by atoms with Crippen molar-refractivity contribution < 1.29 is 28.6 Å². The number of amides is 1. The SMILES string of the molecule is CO/C(C)=C/C(=O)N(C)C/C=C/CC/C=C\C=C/CC(C)c1nc(C[C@H](C)[C@H]2Cc3ccc(C)c(O)c3C(=O)O2)co1. The van der Waals surface area contributed by atoms with E-state index in [9.17, 15) is 14.7 Å². The van der Waals surface area contributed by atoms with Gasteiger partial charge in [0.15, 0.2) is 5.89 Å². The molecule has 2 aromatic rings. The maximum absolute atomic E-state index is 12.6. The molecule has 1 aliphatic heterocycles. The Labute approximate surface area is 249 Å². The highest BCUT2D eigenvalue weighted by molar-refractivity contribution is 5.95. The van der Waals surface area contributed by atoms with Gasteiger partial charge < -0.3 is 23.9 Å². The van der Waals surface area contributed by atoms with Crippen LogP contribution in [0.4, 0.5) is 0 Å². The van der Waals surface area contributed by atoms with Crippen molar-refractivity contribution >= 4 is 11.9 Å². The maximum atomic E-state index is 12.6. The number of aromatic hydroxyl groups is 1. The number of aryl methyl sites for hydroxylation is 1. The maximum Gasteiger partial charge on any atom is 0.342 e. The van der Waals surface area contributed by atoms with E-state index < -0.39 is 5.97 Å². The molecule has 0 radical (unpaired) electrons. The lowest BCUT2D eigenvalue weighted by atomic mass is 9.88. The molecule has 0 fully saturated rings. The van der Waals surface area contributed by atoms with Crippen LogP contribution in [0.1, 0.15) is 79.0 Å². The molecule has 0 bridgehead atoms. The predicted molar refractivity (Wildman–Crippen MR) is 163 cm³/mol. The second kappa shape index (κ2) is 15.8. The van der Waals surface area contributed by atoms with E-state index >= 15 is 0 Å². The number of fused-ring (bicyclic) bond motifs is 1. The van der Waals surface area contributed by atoms with E-state index in [0.29, 0.717) is 36.6 Å². The average Bonchev–Trinajstić information content (AvgIpc) is 3.43. The highest BCUT2D eigenvalue weighted by Crippen LogP contribution is 2.33. The van der Waals surface area contributed by atoms with Crippen molar-refractivity contribution in [2.45, 2.75) is 71.8 Å².